The zero-order chi connectivity index (χ0) is 21.1. The van der Waals surface area contributed by atoms with Gasteiger partial charge >= 0.3 is 0 Å². The average Bonchev–Trinajstić information content (AvgIpc) is 3.45. The fourth-order valence-electron chi connectivity index (χ4n) is 4.98. The molecule has 2 saturated carbocycles. The molecule has 0 aromatic carbocycles. The Morgan fingerprint density at radius 1 is 0.774 bits per heavy atom. The number of nitrogens with zero attached hydrogens (tertiary/aromatic N) is 1. The summed E-state index contributed by atoms with van der Waals surface area (Å²) in [4.78, 5) is 2.23. The van der Waals surface area contributed by atoms with E-state index in [0.29, 0.717) is 31.5 Å². The van der Waals surface area contributed by atoms with Gasteiger partial charge in [-0.15, -0.1) is 0 Å². The maximum atomic E-state index is 11.7. The second kappa shape index (κ2) is 9.09. The highest BCUT2D eigenvalue weighted by Crippen LogP contribution is 2.45. The van der Waals surface area contributed by atoms with Crippen molar-refractivity contribution in [3.63, 3.8) is 0 Å². The SMILES string of the molecule is OC(CC1CCC1)(CC1CCC1)c1ccc(CN(Cc2ccco2)Cc2ccco2)o1. The summed E-state index contributed by atoms with van der Waals surface area (Å²) >= 11 is 0. The van der Waals surface area contributed by atoms with Crippen molar-refractivity contribution in [3.05, 3.63) is 72.0 Å². The average molecular weight is 424 g/mol. The second-order valence-electron chi connectivity index (χ2n) is 9.60. The van der Waals surface area contributed by atoms with E-state index < -0.39 is 5.60 Å². The smallest absolute Gasteiger partial charge is 0.135 e. The molecule has 0 unspecified atom stereocenters. The first-order chi connectivity index (χ1) is 15.2. The monoisotopic (exact) mass is 423 g/mol. The van der Waals surface area contributed by atoms with Crippen LogP contribution in [-0.2, 0) is 25.2 Å². The van der Waals surface area contributed by atoms with Crippen LogP contribution >= 0.6 is 0 Å². The lowest BCUT2D eigenvalue weighted by molar-refractivity contribution is -0.0494. The predicted octanol–water partition coefficient (Wildman–Crippen LogP) is 6.24. The topological polar surface area (TPSA) is 62.9 Å². The summed E-state index contributed by atoms with van der Waals surface area (Å²) in [5.41, 5.74) is -0.832. The molecule has 2 fully saturated rings. The van der Waals surface area contributed by atoms with Crippen LogP contribution in [0.2, 0.25) is 0 Å². The molecule has 0 spiro atoms. The molecule has 2 aliphatic carbocycles. The van der Waals surface area contributed by atoms with Crippen molar-refractivity contribution < 1.29 is 18.4 Å². The molecule has 0 atom stereocenters. The zero-order valence-corrected chi connectivity index (χ0v) is 18.2. The Bertz CT molecular complexity index is 866. The summed E-state index contributed by atoms with van der Waals surface area (Å²) in [6.45, 7) is 1.96. The number of aliphatic hydroxyl groups is 1. The standard InChI is InChI=1S/C26H33NO4/c28-26(15-20-5-1-6-20,16-21-7-2-8-21)25-12-11-24(31-25)19-27(17-22-9-3-13-29-22)18-23-10-4-14-30-23/h3-4,9-14,20-21,28H,1-2,5-8,15-19H2. The van der Waals surface area contributed by atoms with Crippen LogP contribution in [0, 0.1) is 11.8 Å². The Hall–Kier alpha value is -2.24. The van der Waals surface area contributed by atoms with Crippen LogP contribution in [0.3, 0.4) is 0 Å². The molecule has 2 aliphatic rings. The van der Waals surface area contributed by atoms with Gasteiger partial charge in [0, 0.05) is 0 Å². The minimum atomic E-state index is -0.832. The molecule has 5 nitrogen and oxygen atoms in total. The number of furan rings is 3. The molecule has 3 heterocycles. The van der Waals surface area contributed by atoms with Crippen molar-refractivity contribution in [3.8, 4) is 0 Å². The molecule has 0 aliphatic heterocycles. The van der Waals surface area contributed by atoms with Gasteiger partial charge in [0.15, 0.2) is 0 Å². The van der Waals surface area contributed by atoms with E-state index in [1.165, 1.54) is 38.5 Å². The third-order valence-corrected chi connectivity index (χ3v) is 7.12. The fourth-order valence-corrected chi connectivity index (χ4v) is 4.98. The summed E-state index contributed by atoms with van der Waals surface area (Å²) in [5.74, 6) is 4.70. The van der Waals surface area contributed by atoms with Crippen LogP contribution in [0.15, 0.2) is 62.2 Å². The van der Waals surface area contributed by atoms with Crippen molar-refractivity contribution in [2.45, 2.75) is 76.6 Å². The van der Waals surface area contributed by atoms with E-state index in [9.17, 15) is 5.11 Å². The van der Waals surface area contributed by atoms with Gasteiger partial charge in [0.2, 0.25) is 0 Å². The van der Waals surface area contributed by atoms with Crippen molar-refractivity contribution in [2.75, 3.05) is 0 Å². The molecule has 1 N–H and O–H groups in total. The van der Waals surface area contributed by atoms with E-state index in [1.54, 1.807) is 12.5 Å². The van der Waals surface area contributed by atoms with Gasteiger partial charge in [-0.2, -0.15) is 0 Å². The molecule has 5 rings (SSSR count). The third-order valence-electron chi connectivity index (χ3n) is 7.12. The molecule has 3 aromatic heterocycles. The molecular weight excluding hydrogens is 390 g/mol. The Labute approximate surface area is 184 Å². The van der Waals surface area contributed by atoms with Gasteiger partial charge in [0.05, 0.1) is 32.2 Å². The Kier molecular flexibility index (Phi) is 6.06. The molecule has 3 aromatic rings. The summed E-state index contributed by atoms with van der Waals surface area (Å²) in [7, 11) is 0. The number of rotatable bonds is 11. The maximum absolute atomic E-state index is 11.7. The van der Waals surface area contributed by atoms with Crippen molar-refractivity contribution in [1.82, 2.24) is 4.90 Å². The van der Waals surface area contributed by atoms with E-state index in [1.807, 2.05) is 36.4 Å². The highest BCUT2D eigenvalue weighted by atomic mass is 16.4. The lowest BCUT2D eigenvalue weighted by atomic mass is 9.70. The first kappa shape index (κ1) is 20.7. The summed E-state index contributed by atoms with van der Waals surface area (Å²) in [6.07, 6.45) is 12.6. The van der Waals surface area contributed by atoms with Crippen LogP contribution in [0.1, 0.15) is 74.4 Å². The first-order valence-corrected chi connectivity index (χ1v) is 11.7. The summed E-state index contributed by atoms with van der Waals surface area (Å²) in [6, 6.07) is 11.8. The fraction of sp³-hybridized carbons (Fsp3) is 0.538. The Balaban J connectivity index is 1.31. The van der Waals surface area contributed by atoms with Gasteiger partial charge in [0.1, 0.15) is 28.6 Å². The molecule has 0 radical (unpaired) electrons. The minimum Gasteiger partial charge on any atom is -0.468 e. The Morgan fingerprint density at radius 3 is 1.77 bits per heavy atom. The third kappa shape index (κ3) is 4.99. The Morgan fingerprint density at radius 2 is 1.32 bits per heavy atom. The highest BCUT2D eigenvalue weighted by molar-refractivity contribution is 5.16. The van der Waals surface area contributed by atoms with Crippen LogP contribution in [0.4, 0.5) is 0 Å². The van der Waals surface area contributed by atoms with Crippen LogP contribution in [0.25, 0.3) is 0 Å². The van der Waals surface area contributed by atoms with Crippen LogP contribution in [-0.4, -0.2) is 10.0 Å². The van der Waals surface area contributed by atoms with E-state index in [-0.39, 0.29) is 0 Å². The summed E-state index contributed by atoms with van der Waals surface area (Å²) < 4.78 is 17.4. The van der Waals surface area contributed by atoms with Gasteiger partial charge in [-0.05, 0) is 61.1 Å². The van der Waals surface area contributed by atoms with Gasteiger partial charge in [-0.25, -0.2) is 0 Å². The first-order valence-electron chi connectivity index (χ1n) is 11.7. The zero-order valence-electron chi connectivity index (χ0n) is 18.2. The largest absolute Gasteiger partial charge is 0.468 e. The number of hydrogen-bond donors (Lipinski definition) is 1. The highest BCUT2D eigenvalue weighted by Gasteiger charge is 2.40. The van der Waals surface area contributed by atoms with E-state index in [2.05, 4.69) is 4.90 Å². The van der Waals surface area contributed by atoms with Crippen molar-refractivity contribution >= 4 is 0 Å². The second-order valence-corrected chi connectivity index (χ2v) is 9.60. The molecule has 31 heavy (non-hydrogen) atoms. The van der Waals surface area contributed by atoms with Crippen LogP contribution in [0.5, 0.6) is 0 Å². The number of hydrogen-bond acceptors (Lipinski definition) is 5. The predicted molar refractivity (Wildman–Crippen MR) is 117 cm³/mol. The molecule has 0 amide bonds. The lowest BCUT2D eigenvalue weighted by Crippen LogP contribution is -2.34. The van der Waals surface area contributed by atoms with Gasteiger partial charge in [-0.3, -0.25) is 4.90 Å². The van der Waals surface area contributed by atoms with E-state index >= 15 is 0 Å². The quantitative estimate of drug-likeness (QED) is 0.396. The van der Waals surface area contributed by atoms with E-state index in [0.717, 1.165) is 35.9 Å². The van der Waals surface area contributed by atoms with Crippen LogP contribution < -0.4 is 0 Å². The summed E-state index contributed by atoms with van der Waals surface area (Å²) in [5, 5.41) is 11.7. The lowest BCUT2D eigenvalue weighted by Gasteiger charge is -2.39. The normalized spacial score (nSPS) is 17.7. The maximum Gasteiger partial charge on any atom is 0.135 e. The molecule has 0 bridgehead atoms. The molecule has 5 heteroatoms. The molecular formula is C26H33NO4. The van der Waals surface area contributed by atoms with Crippen molar-refractivity contribution in [2.24, 2.45) is 11.8 Å². The van der Waals surface area contributed by atoms with Crippen molar-refractivity contribution in [1.29, 1.82) is 0 Å². The molecule has 0 saturated heterocycles. The van der Waals surface area contributed by atoms with E-state index in [4.69, 9.17) is 13.3 Å². The minimum absolute atomic E-state index is 0.629. The van der Waals surface area contributed by atoms with Gasteiger partial charge < -0.3 is 18.4 Å². The van der Waals surface area contributed by atoms with Gasteiger partial charge in [-0.1, -0.05) is 38.5 Å². The van der Waals surface area contributed by atoms with Gasteiger partial charge in [0.25, 0.3) is 0 Å². The molecule has 166 valence electrons.